The normalized spacial score (nSPS) is 14.0. The second kappa shape index (κ2) is 14.7. The van der Waals surface area contributed by atoms with Crippen LogP contribution < -0.4 is 5.73 Å². The summed E-state index contributed by atoms with van der Waals surface area (Å²) in [6.07, 6.45) is 13.7. The zero-order valence-electron chi connectivity index (χ0n) is 14.0. The van der Waals surface area contributed by atoms with Crippen LogP contribution in [0.3, 0.4) is 0 Å². The Labute approximate surface area is 135 Å². The maximum absolute atomic E-state index is 10.9. The molecule has 2 atom stereocenters. The van der Waals surface area contributed by atoms with Gasteiger partial charge in [0, 0.05) is 5.75 Å². The minimum Gasteiger partial charge on any atom is -0.392 e. The molecule has 0 saturated heterocycles. The van der Waals surface area contributed by atoms with Crippen LogP contribution in [-0.4, -0.2) is 28.1 Å². The third-order valence-corrected chi connectivity index (χ3v) is 5.14. The van der Waals surface area contributed by atoms with Crippen LogP contribution in [0.15, 0.2) is 0 Å². The number of aliphatic hydroxyl groups excluding tert-OH is 1. The van der Waals surface area contributed by atoms with Gasteiger partial charge in [-0.25, -0.2) is 0 Å². The van der Waals surface area contributed by atoms with Crippen molar-refractivity contribution < 1.29 is 9.90 Å². The molecule has 0 saturated carbocycles. The Hall–Kier alpha value is -0.220. The monoisotopic (exact) mass is 317 g/mol. The van der Waals surface area contributed by atoms with Crippen LogP contribution in [0.2, 0.25) is 0 Å². The Balaban J connectivity index is 3.25. The van der Waals surface area contributed by atoms with Crippen LogP contribution in [-0.2, 0) is 4.79 Å². The Kier molecular flexibility index (Phi) is 14.6. The summed E-state index contributed by atoms with van der Waals surface area (Å²) >= 11 is 1.45. The lowest BCUT2D eigenvalue weighted by Gasteiger charge is -2.12. The molecule has 0 aromatic heterocycles. The number of carbonyl (C=O) groups is 1. The number of thioether (sulfide) groups is 1. The lowest BCUT2D eigenvalue weighted by Crippen LogP contribution is -2.24. The van der Waals surface area contributed by atoms with E-state index in [1.165, 1.54) is 69.5 Å². The molecule has 1 amide bonds. The van der Waals surface area contributed by atoms with Gasteiger partial charge in [0.25, 0.3) is 0 Å². The van der Waals surface area contributed by atoms with Gasteiger partial charge in [-0.15, -0.1) is 11.8 Å². The predicted octanol–water partition coefficient (Wildman–Crippen LogP) is 4.27. The standard InChI is InChI=1S/C17H35NO2S/c1-3-4-5-6-7-8-9-10-11-12-13-16(19)14-21-15(2)17(18)20/h15-16,19H,3-14H2,1-2H3,(H2,18,20). The van der Waals surface area contributed by atoms with Crippen molar-refractivity contribution in [1.29, 1.82) is 0 Å². The van der Waals surface area contributed by atoms with Crippen molar-refractivity contribution in [3.05, 3.63) is 0 Å². The van der Waals surface area contributed by atoms with Gasteiger partial charge in [0.2, 0.25) is 5.91 Å². The first-order chi connectivity index (χ1) is 10.1. The van der Waals surface area contributed by atoms with Crippen molar-refractivity contribution in [3.8, 4) is 0 Å². The van der Waals surface area contributed by atoms with Crippen LogP contribution in [0.4, 0.5) is 0 Å². The minimum atomic E-state index is -0.300. The molecular weight excluding hydrogens is 282 g/mol. The van der Waals surface area contributed by atoms with Crippen molar-refractivity contribution in [2.75, 3.05) is 5.75 Å². The molecule has 0 fully saturated rings. The van der Waals surface area contributed by atoms with Crippen LogP contribution in [0, 0.1) is 0 Å². The van der Waals surface area contributed by atoms with Gasteiger partial charge in [0.1, 0.15) is 0 Å². The molecule has 21 heavy (non-hydrogen) atoms. The Bertz CT molecular complexity index is 249. The van der Waals surface area contributed by atoms with Crippen LogP contribution >= 0.6 is 11.8 Å². The molecule has 0 radical (unpaired) electrons. The average Bonchev–Trinajstić information content (AvgIpc) is 2.46. The quantitative estimate of drug-likeness (QED) is 0.443. The summed E-state index contributed by atoms with van der Waals surface area (Å²) in [6, 6.07) is 0. The first-order valence-corrected chi connectivity index (χ1v) is 9.71. The highest BCUT2D eigenvalue weighted by Gasteiger charge is 2.12. The first kappa shape index (κ1) is 20.8. The molecule has 2 unspecified atom stereocenters. The molecule has 126 valence electrons. The number of unbranched alkanes of at least 4 members (excludes halogenated alkanes) is 9. The molecule has 0 aromatic rings. The average molecular weight is 318 g/mol. The van der Waals surface area contributed by atoms with E-state index in [2.05, 4.69) is 6.92 Å². The highest BCUT2D eigenvalue weighted by atomic mass is 32.2. The van der Waals surface area contributed by atoms with E-state index in [0.29, 0.717) is 5.75 Å². The number of rotatable bonds is 15. The summed E-state index contributed by atoms with van der Waals surface area (Å²) in [5, 5.41) is 9.63. The number of amides is 1. The molecule has 0 spiro atoms. The van der Waals surface area contributed by atoms with Gasteiger partial charge in [-0.05, 0) is 13.3 Å². The zero-order valence-corrected chi connectivity index (χ0v) is 14.8. The fraction of sp³-hybridized carbons (Fsp3) is 0.941. The number of primary amides is 1. The Morgan fingerprint density at radius 1 is 1.00 bits per heavy atom. The summed E-state index contributed by atoms with van der Waals surface area (Å²) in [4.78, 5) is 10.9. The number of carbonyl (C=O) groups excluding carboxylic acids is 1. The SMILES string of the molecule is CCCCCCCCCCCCC(O)CSC(C)C(N)=O. The van der Waals surface area contributed by atoms with E-state index in [0.717, 1.165) is 12.8 Å². The number of nitrogens with two attached hydrogens (primary N) is 1. The molecule has 0 aliphatic carbocycles. The highest BCUT2D eigenvalue weighted by Crippen LogP contribution is 2.16. The van der Waals surface area contributed by atoms with Crippen molar-refractivity contribution >= 4 is 17.7 Å². The molecule has 0 aliphatic heterocycles. The molecule has 0 aromatic carbocycles. The predicted molar refractivity (Wildman–Crippen MR) is 93.6 cm³/mol. The fourth-order valence-corrected chi connectivity index (χ4v) is 3.13. The minimum absolute atomic E-state index is 0.202. The van der Waals surface area contributed by atoms with Crippen LogP contribution in [0.25, 0.3) is 0 Å². The molecular formula is C17H35NO2S. The van der Waals surface area contributed by atoms with Crippen LogP contribution in [0.1, 0.15) is 84.5 Å². The van der Waals surface area contributed by atoms with Gasteiger partial charge in [0.05, 0.1) is 11.4 Å². The van der Waals surface area contributed by atoms with Gasteiger partial charge < -0.3 is 10.8 Å². The fourth-order valence-electron chi connectivity index (χ4n) is 2.29. The Morgan fingerprint density at radius 3 is 1.95 bits per heavy atom. The third kappa shape index (κ3) is 14.5. The molecule has 3 N–H and O–H groups in total. The Morgan fingerprint density at radius 2 is 1.48 bits per heavy atom. The summed E-state index contributed by atoms with van der Waals surface area (Å²) in [6.45, 7) is 4.04. The van der Waals surface area contributed by atoms with E-state index in [1.807, 2.05) is 0 Å². The van der Waals surface area contributed by atoms with E-state index >= 15 is 0 Å². The summed E-state index contributed by atoms with van der Waals surface area (Å²) in [5.74, 6) is 0.313. The van der Waals surface area contributed by atoms with E-state index in [4.69, 9.17) is 5.73 Å². The van der Waals surface area contributed by atoms with Gasteiger partial charge in [0.15, 0.2) is 0 Å². The van der Waals surface area contributed by atoms with Crippen molar-refractivity contribution in [3.63, 3.8) is 0 Å². The second-order valence-electron chi connectivity index (χ2n) is 6.00. The molecule has 3 nitrogen and oxygen atoms in total. The molecule has 0 bridgehead atoms. The maximum Gasteiger partial charge on any atom is 0.230 e. The van der Waals surface area contributed by atoms with Crippen molar-refractivity contribution in [2.45, 2.75) is 95.8 Å². The zero-order chi connectivity index (χ0) is 15.9. The number of hydrogen-bond donors (Lipinski definition) is 2. The summed E-state index contributed by atoms with van der Waals surface area (Å²) in [7, 11) is 0. The van der Waals surface area contributed by atoms with Gasteiger partial charge in [-0.2, -0.15) is 0 Å². The molecule has 0 heterocycles. The third-order valence-electron chi connectivity index (χ3n) is 3.83. The van der Waals surface area contributed by atoms with E-state index < -0.39 is 0 Å². The largest absolute Gasteiger partial charge is 0.392 e. The smallest absolute Gasteiger partial charge is 0.230 e. The van der Waals surface area contributed by atoms with Crippen molar-refractivity contribution in [2.24, 2.45) is 5.73 Å². The molecule has 0 aliphatic rings. The van der Waals surface area contributed by atoms with Gasteiger partial charge in [-0.1, -0.05) is 71.1 Å². The lowest BCUT2D eigenvalue weighted by molar-refractivity contribution is -0.117. The number of hydrogen-bond acceptors (Lipinski definition) is 3. The van der Waals surface area contributed by atoms with Gasteiger partial charge in [-0.3, -0.25) is 4.79 Å². The van der Waals surface area contributed by atoms with E-state index in [1.54, 1.807) is 6.92 Å². The van der Waals surface area contributed by atoms with E-state index in [9.17, 15) is 9.90 Å². The summed E-state index contributed by atoms with van der Waals surface area (Å²) in [5.41, 5.74) is 5.19. The van der Waals surface area contributed by atoms with Crippen LogP contribution in [0.5, 0.6) is 0 Å². The maximum atomic E-state index is 10.9. The van der Waals surface area contributed by atoms with Gasteiger partial charge >= 0.3 is 0 Å². The second-order valence-corrected chi connectivity index (χ2v) is 7.38. The highest BCUT2D eigenvalue weighted by molar-refractivity contribution is 8.00. The van der Waals surface area contributed by atoms with Crippen molar-refractivity contribution in [1.82, 2.24) is 0 Å². The van der Waals surface area contributed by atoms with E-state index in [-0.39, 0.29) is 17.3 Å². The molecule has 4 heteroatoms. The molecule has 0 rings (SSSR count). The lowest BCUT2D eigenvalue weighted by atomic mass is 10.1. The summed E-state index contributed by atoms with van der Waals surface area (Å²) < 4.78 is 0. The number of aliphatic hydroxyl groups is 1. The first-order valence-electron chi connectivity index (χ1n) is 8.67. The topological polar surface area (TPSA) is 63.3 Å².